The summed E-state index contributed by atoms with van der Waals surface area (Å²) in [6.07, 6.45) is 1.21. The van der Waals surface area contributed by atoms with Gasteiger partial charge in [0.2, 0.25) is 5.88 Å². The Labute approximate surface area is 139 Å². The second-order valence-corrected chi connectivity index (χ2v) is 5.48. The lowest BCUT2D eigenvalue weighted by Gasteiger charge is -2.03. The van der Waals surface area contributed by atoms with Crippen LogP contribution in [-0.2, 0) is 16.1 Å². The van der Waals surface area contributed by atoms with Crippen LogP contribution >= 0.6 is 11.3 Å². The molecule has 0 fully saturated rings. The van der Waals surface area contributed by atoms with Crippen molar-refractivity contribution < 1.29 is 19.6 Å². The van der Waals surface area contributed by atoms with Crippen molar-refractivity contribution in [2.45, 2.75) is 13.5 Å². The smallest absolute Gasteiger partial charge is 0.326 e. The molecule has 126 valence electrons. The van der Waals surface area contributed by atoms with Crippen LogP contribution in [0.2, 0.25) is 0 Å². The first-order valence-electron chi connectivity index (χ1n) is 6.79. The van der Waals surface area contributed by atoms with Crippen molar-refractivity contribution in [2.75, 3.05) is 6.61 Å². The number of rotatable bonds is 6. The third-order valence-corrected chi connectivity index (χ3v) is 3.76. The minimum atomic E-state index is -0.644. The Balaban J connectivity index is 2.24. The van der Waals surface area contributed by atoms with Crippen molar-refractivity contribution in [1.82, 2.24) is 4.57 Å². The highest BCUT2D eigenvalue weighted by Crippen LogP contribution is 2.22. The quantitative estimate of drug-likeness (QED) is 0.366. The molecule has 10 heteroatoms. The molecule has 1 N–H and O–H groups in total. The second-order valence-electron chi connectivity index (χ2n) is 4.48. The van der Waals surface area contributed by atoms with Crippen molar-refractivity contribution in [3.05, 3.63) is 48.9 Å². The van der Waals surface area contributed by atoms with Crippen LogP contribution in [0, 0.1) is 10.1 Å². The molecule has 1 heterocycles. The molecular weight excluding hydrogens is 338 g/mol. The summed E-state index contributed by atoms with van der Waals surface area (Å²) in [5, 5.41) is 20.7. The second kappa shape index (κ2) is 7.51. The largest absolute Gasteiger partial charge is 0.493 e. The molecule has 24 heavy (non-hydrogen) atoms. The Morgan fingerprint density at radius 2 is 2.29 bits per heavy atom. The molecule has 0 saturated heterocycles. The van der Waals surface area contributed by atoms with Gasteiger partial charge in [-0.15, -0.1) is 0 Å². The van der Waals surface area contributed by atoms with Crippen LogP contribution in [-0.4, -0.2) is 33.4 Å². The van der Waals surface area contributed by atoms with E-state index in [1.54, 1.807) is 13.0 Å². The number of benzene rings is 1. The maximum atomic E-state index is 11.8. The molecule has 0 spiro atoms. The van der Waals surface area contributed by atoms with E-state index in [-0.39, 0.29) is 17.2 Å². The maximum absolute atomic E-state index is 11.8. The Bertz CT molecular complexity index is 854. The van der Waals surface area contributed by atoms with Gasteiger partial charge >= 0.3 is 10.8 Å². The van der Waals surface area contributed by atoms with Gasteiger partial charge in [0.05, 0.1) is 23.4 Å². The summed E-state index contributed by atoms with van der Waals surface area (Å²) in [7, 11) is 0. The van der Waals surface area contributed by atoms with Gasteiger partial charge in [0.25, 0.3) is 5.69 Å². The fourth-order valence-electron chi connectivity index (χ4n) is 1.79. The zero-order chi connectivity index (χ0) is 17.7. The Morgan fingerprint density at radius 3 is 2.96 bits per heavy atom. The summed E-state index contributed by atoms with van der Waals surface area (Å²) in [6, 6.07) is 5.59. The Kier molecular flexibility index (Phi) is 5.42. The van der Waals surface area contributed by atoms with Crippen molar-refractivity contribution >= 4 is 34.9 Å². The zero-order valence-corrected chi connectivity index (χ0v) is 13.4. The van der Waals surface area contributed by atoms with E-state index < -0.39 is 28.2 Å². The highest BCUT2D eigenvalue weighted by Gasteiger charge is 2.16. The average Bonchev–Trinajstić information content (AvgIpc) is 2.81. The first-order chi connectivity index (χ1) is 11.4. The van der Waals surface area contributed by atoms with E-state index in [0.717, 1.165) is 4.57 Å². The highest BCUT2D eigenvalue weighted by atomic mass is 32.1. The van der Waals surface area contributed by atoms with Crippen molar-refractivity contribution in [3.63, 3.8) is 0 Å². The van der Waals surface area contributed by atoms with Crippen molar-refractivity contribution in [3.8, 4) is 5.88 Å². The van der Waals surface area contributed by atoms with E-state index in [2.05, 4.69) is 4.99 Å². The summed E-state index contributed by atoms with van der Waals surface area (Å²) in [4.78, 5) is 37.0. The molecule has 1 aromatic heterocycles. The van der Waals surface area contributed by atoms with Crippen LogP contribution in [0.3, 0.4) is 0 Å². The minimum Gasteiger partial charge on any atom is -0.493 e. The van der Waals surface area contributed by atoms with E-state index in [0.29, 0.717) is 17.0 Å². The average molecular weight is 351 g/mol. The lowest BCUT2D eigenvalue weighted by Crippen LogP contribution is -2.20. The third-order valence-electron chi connectivity index (χ3n) is 2.86. The third kappa shape index (κ3) is 4.04. The molecule has 0 aliphatic heterocycles. The predicted octanol–water partition coefficient (Wildman–Crippen LogP) is 1.84. The maximum Gasteiger partial charge on any atom is 0.326 e. The van der Waals surface area contributed by atoms with Crippen molar-refractivity contribution in [1.29, 1.82) is 0 Å². The molecule has 2 rings (SSSR count). The van der Waals surface area contributed by atoms with Crippen LogP contribution in [0.5, 0.6) is 5.88 Å². The molecule has 0 amide bonds. The first kappa shape index (κ1) is 17.3. The fraction of sp³-hybridized carbons (Fsp3) is 0.214. The summed E-state index contributed by atoms with van der Waals surface area (Å²) >= 11 is 0.697. The molecule has 0 saturated carbocycles. The topological polar surface area (TPSA) is 124 Å². The molecule has 0 bridgehead atoms. The number of hydrogen-bond donors (Lipinski definition) is 1. The van der Waals surface area contributed by atoms with Gasteiger partial charge < -0.3 is 9.84 Å². The monoisotopic (exact) mass is 351 g/mol. The molecule has 9 nitrogen and oxygen atoms in total. The number of esters is 1. The highest BCUT2D eigenvalue weighted by molar-refractivity contribution is 7.11. The number of ether oxygens (including phenoxy) is 1. The summed E-state index contributed by atoms with van der Waals surface area (Å²) in [5.41, 5.74) is 0.170. The molecule has 0 atom stereocenters. The van der Waals surface area contributed by atoms with Gasteiger partial charge in [-0.05, 0) is 13.0 Å². The lowest BCUT2D eigenvalue weighted by molar-refractivity contribution is -0.384. The number of nitro benzene ring substituents is 1. The van der Waals surface area contributed by atoms with Gasteiger partial charge in [-0.2, -0.15) is 0 Å². The molecule has 0 aliphatic rings. The van der Waals surface area contributed by atoms with E-state index in [1.807, 2.05) is 0 Å². The van der Waals surface area contributed by atoms with Gasteiger partial charge in [-0.25, -0.2) is 0 Å². The Hall–Kier alpha value is -3.01. The SMILES string of the molecule is CCOC(=O)Cn1c(O)c(C=Nc2cccc([N+](=O)[O-])c2)sc1=O. The van der Waals surface area contributed by atoms with Gasteiger partial charge in [0.1, 0.15) is 11.4 Å². The standard InChI is InChI=1S/C14H13N3O6S/c1-2-23-12(18)8-16-13(19)11(24-14(16)20)7-15-9-4-3-5-10(6-9)17(21)22/h3-7,19H,2,8H2,1H3. The van der Waals surface area contributed by atoms with Gasteiger partial charge in [-0.1, -0.05) is 17.4 Å². The lowest BCUT2D eigenvalue weighted by atomic mass is 10.3. The number of carbonyl (C=O) groups is 1. The van der Waals surface area contributed by atoms with Crippen LogP contribution < -0.4 is 4.87 Å². The van der Waals surface area contributed by atoms with Crippen LogP contribution in [0.4, 0.5) is 11.4 Å². The number of hydrogen-bond acceptors (Lipinski definition) is 8. The van der Waals surface area contributed by atoms with Crippen LogP contribution in [0.1, 0.15) is 11.8 Å². The Morgan fingerprint density at radius 1 is 1.54 bits per heavy atom. The number of thiazole rings is 1. The number of aromatic hydroxyl groups is 1. The first-order valence-corrected chi connectivity index (χ1v) is 7.60. The normalized spacial score (nSPS) is 10.9. The van der Waals surface area contributed by atoms with Gasteiger partial charge in [-0.3, -0.25) is 29.3 Å². The number of aromatic nitrogens is 1. The molecule has 0 unspecified atom stereocenters. The summed E-state index contributed by atoms with van der Waals surface area (Å²) < 4.78 is 5.60. The van der Waals surface area contributed by atoms with Crippen LogP contribution in [0.25, 0.3) is 0 Å². The van der Waals surface area contributed by atoms with E-state index >= 15 is 0 Å². The molecule has 0 aliphatic carbocycles. The summed E-state index contributed by atoms with van der Waals surface area (Å²) in [6.45, 7) is 1.39. The number of nitro groups is 1. The van der Waals surface area contributed by atoms with Crippen molar-refractivity contribution in [2.24, 2.45) is 4.99 Å². The minimum absolute atomic E-state index is 0.123. The molecule has 0 radical (unpaired) electrons. The number of carbonyl (C=O) groups excluding carboxylic acids is 1. The van der Waals surface area contributed by atoms with Gasteiger partial charge in [0.15, 0.2) is 0 Å². The fourth-order valence-corrected chi connectivity index (χ4v) is 2.55. The van der Waals surface area contributed by atoms with E-state index in [1.165, 1.54) is 24.4 Å². The number of nitrogens with zero attached hydrogens (tertiary/aromatic N) is 3. The number of non-ortho nitro benzene ring substituents is 1. The molecular formula is C14H13N3O6S. The van der Waals surface area contributed by atoms with Gasteiger partial charge in [0, 0.05) is 12.1 Å². The van der Waals surface area contributed by atoms with E-state index in [4.69, 9.17) is 4.74 Å². The molecule has 1 aromatic carbocycles. The summed E-state index contributed by atoms with van der Waals surface area (Å²) in [5.74, 6) is -1.05. The van der Waals surface area contributed by atoms with E-state index in [9.17, 15) is 24.8 Å². The zero-order valence-electron chi connectivity index (χ0n) is 12.5. The van der Waals surface area contributed by atoms with Crippen LogP contribution in [0.15, 0.2) is 34.1 Å². The number of aliphatic imine (C=N–C) groups is 1. The predicted molar refractivity (Wildman–Crippen MR) is 87.2 cm³/mol. The molecule has 2 aromatic rings.